The van der Waals surface area contributed by atoms with Crippen molar-refractivity contribution in [3.8, 4) is 0 Å². The molecule has 1 N–H and O–H groups in total. The quantitative estimate of drug-likeness (QED) is 0.830. The van der Waals surface area contributed by atoms with Crippen LogP contribution in [0, 0.1) is 13.8 Å². The summed E-state index contributed by atoms with van der Waals surface area (Å²) in [6.07, 6.45) is 4.03. The molecule has 2 aromatic heterocycles. The van der Waals surface area contributed by atoms with E-state index in [2.05, 4.69) is 25.4 Å². The molecule has 16 heavy (non-hydrogen) atoms. The van der Waals surface area contributed by atoms with Gasteiger partial charge in [-0.2, -0.15) is 4.98 Å². The van der Waals surface area contributed by atoms with Gasteiger partial charge in [0.05, 0.1) is 5.69 Å². The number of nitrogens with zero attached hydrogens (tertiary/aromatic N) is 4. The molecule has 0 aliphatic rings. The predicted octanol–water partition coefficient (Wildman–Crippen LogP) is 1.13. The van der Waals surface area contributed by atoms with Crippen LogP contribution in [-0.2, 0) is 6.42 Å². The molecule has 6 nitrogen and oxygen atoms in total. The second kappa shape index (κ2) is 4.69. The first kappa shape index (κ1) is 10.5. The highest BCUT2D eigenvalue weighted by molar-refractivity contribution is 5.38. The molecule has 6 heteroatoms. The molecule has 0 bridgehead atoms. The van der Waals surface area contributed by atoms with Crippen molar-refractivity contribution in [3.63, 3.8) is 0 Å². The van der Waals surface area contributed by atoms with Crippen LogP contribution in [0.2, 0.25) is 0 Å². The zero-order valence-electron chi connectivity index (χ0n) is 9.27. The lowest BCUT2D eigenvalue weighted by atomic mass is 10.4. The Morgan fingerprint density at radius 3 is 2.75 bits per heavy atom. The van der Waals surface area contributed by atoms with Gasteiger partial charge >= 0.3 is 0 Å². The molecule has 2 heterocycles. The van der Waals surface area contributed by atoms with Gasteiger partial charge in [0, 0.05) is 32.3 Å². The van der Waals surface area contributed by atoms with E-state index in [1.165, 1.54) is 0 Å². The van der Waals surface area contributed by atoms with Crippen LogP contribution in [0.3, 0.4) is 0 Å². The third-order valence-electron chi connectivity index (χ3n) is 2.09. The minimum atomic E-state index is 0.589. The number of rotatable bonds is 4. The van der Waals surface area contributed by atoms with Crippen LogP contribution in [0.25, 0.3) is 0 Å². The van der Waals surface area contributed by atoms with Crippen molar-refractivity contribution in [2.24, 2.45) is 0 Å². The van der Waals surface area contributed by atoms with Crippen LogP contribution in [0.4, 0.5) is 5.82 Å². The maximum absolute atomic E-state index is 4.87. The molecule has 0 aliphatic carbocycles. The van der Waals surface area contributed by atoms with Gasteiger partial charge in [0.25, 0.3) is 0 Å². The summed E-state index contributed by atoms with van der Waals surface area (Å²) in [6, 6.07) is 0. The Morgan fingerprint density at radius 1 is 1.25 bits per heavy atom. The van der Waals surface area contributed by atoms with Crippen molar-refractivity contribution in [1.82, 2.24) is 20.1 Å². The van der Waals surface area contributed by atoms with Gasteiger partial charge in [-0.3, -0.25) is 4.98 Å². The summed E-state index contributed by atoms with van der Waals surface area (Å²) in [6.45, 7) is 4.39. The summed E-state index contributed by atoms with van der Waals surface area (Å²) < 4.78 is 4.87. The minimum absolute atomic E-state index is 0.589. The molecule has 0 amide bonds. The highest BCUT2D eigenvalue weighted by atomic mass is 16.5. The van der Waals surface area contributed by atoms with E-state index in [0.29, 0.717) is 24.7 Å². The number of anilines is 1. The fourth-order valence-corrected chi connectivity index (χ4v) is 1.32. The van der Waals surface area contributed by atoms with Gasteiger partial charge in [0.15, 0.2) is 5.82 Å². The third kappa shape index (κ3) is 2.53. The van der Waals surface area contributed by atoms with Crippen LogP contribution in [0.1, 0.15) is 17.4 Å². The highest BCUT2D eigenvalue weighted by Crippen LogP contribution is 2.05. The zero-order valence-corrected chi connectivity index (χ0v) is 9.27. The first-order chi connectivity index (χ1) is 7.75. The SMILES string of the molecule is Cc1nc(CCNc2nccnc2C)no1. The molecule has 0 spiro atoms. The Kier molecular flexibility index (Phi) is 3.09. The summed E-state index contributed by atoms with van der Waals surface area (Å²) in [5, 5.41) is 6.98. The van der Waals surface area contributed by atoms with Crippen molar-refractivity contribution in [1.29, 1.82) is 0 Å². The molecule has 0 fully saturated rings. The van der Waals surface area contributed by atoms with E-state index < -0.39 is 0 Å². The average Bonchev–Trinajstić information content (AvgIpc) is 2.67. The summed E-state index contributed by atoms with van der Waals surface area (Å²) in [5.74, 6) is 2.08. The zero-order chi connectivity index (χ0) is 11.4. The monoisotopic (exact) mass is 219 g/mol. The predicted molar refractivity (Wildman–Crippen MR) is 58.0 cm³/mol. The Labute approximate surface area is 93.1 Å². The normalized spacial score (nSPS) is 10.4. The van der Waals surface area contributed by atoms with Crippen molar-refractivity contribution in [2.75, 3.05) is 11.9 Å². The summed E-state index contributed by atoms with van der Waals surface area (Å²) in [4.78, 5) is 12.4. The fourth-order valence-electron chi connectivity index (χ4n) is 1.32. The Balaban J connectivity index is 1.87. The summed E-state index contributed by atoms with van der Waals surface area (Å²) in [7, 11) is 0. The Morgan fingerprint density at radius 2 is 2.06 bits per heavy atom. The van der Waals surface area contributed by atoms with Crippen molar-refractivity contribution in [2.45, 2.75) is 20.3 Å². The molecule has 0 saturated carbocycles. The number of hydrogen-bond donors (Lipinski definition) is 1. The number of aromatic nitrogens is 4. The topological polar surface area (TPSA) is 76.7 Å². The lowest BCUT2D eigenvalue weighted by Gasteiger charge is -2.04. The van der Waals surface area contributed by atoms with Crippen molar-refractivity contribution < 1.29 is 4.52 Å². The maximum Gasteiger partial charge on any atom is 0.223 e. The van der Waals surface area contributed by atoms with Gasteiger partial charge in [0.1, 0.15) is 5.82 Å². The van der Waals surface area contributed by atoms with E-state index in [9.17, 15) is 0 Å². The van der Waals surface area contributed by atoms with Gasteiger partial charge < -0.3 is 9.84 Å². The molecule has 0 aromatic carbocycles. The van der Waals surface area contributed by atoms with E-state index in [1.807, 2.05) is 6.92 Å². The first-order valence-electron chi connectivity index (χ1n) is 5.06. The standard InChI is InChI=1S/C10H13N5O/c1-7-10(13-6-5-11-7)12-4-3-9-14-8(2)16-15-9/h5-6H,3-4H2,1-2H3,(H,12,13). The molecule has 84 valence electrons. The van der Waals surface area contributed by atoms with Crippen LogP contribution >= 0.6 is 0 Å². The van der Waals surface area contributed by atoms with E-state index >= 15 is 0 Å². The van der Waals surface area contributed by atoms with E-state index in [1.54, 1.807) is 19.3 Å². The number of aryl methyl sites for hydroxylation is 2. The van der Waals surface area contributed by atoms with Gasteiger partial charge in [0.2, 0.25) is 5.89 Å². The molecule has 0 saturated heterocycles. The number of nitrogens with one attached hydrogen (secondary N) is 1. The molecular weight excluding hydrogens is 206 g/mol. The third-order valence-corrected chi connectivity index (χ3v) is 2.09. The van der Waals surface area contributed by atoms with Crippen LogP contribution in [0.5, 0.6) is 0 Å². The maximum atomic E-state index is 4.87. The summed E-state index contributed by atoms with van der Waals surface area (Å²) in [5.41, 5.74) is 0.881. The number of hydrogen-bond acceptors (Lipinski definition) is 6. The average molecular weight is 219 g/mol. The van der Waals surface area contributed by atoms with E-state index in [-0.39, 0.29) is 0 Å². The molecule has 2 rings (SSSR count). The molecule has 0 unspecified atom stereocenters. The lowest BCUT2D eigenvalue weighted by molar-refractivity contribution is 0.387. The van der Waals surface area contributed by atoms with Crippen LogP contribution in [-0.4, -0.2) is 26.7 Å². The van der Waals surface area contributed by atoms with Gasteiger partial charge in [-0.25, -0.2) is 4.98 Å². The largest absolute Gasteiger partial charge is 0.368 e. The second-order valence-corrected chi connectivity index (χ2v) is 3.40. The Hall–Kier alpha value is -1.98. The van der Waals surface area contributed by atoms with Gasteiger partial charge in [-0.1, -0.05) is 5.16 Å². The highest BCUT2D eigenvalue weighted by Gasteiger charge is 2.03. The fraction of sp³-hybridized carbons (Fsp3) is 0.400. The smallest absolute Gasteiger partial charge is 0.223 e. The van der Waals surface area contributed by atoms with Gasteiger partial charge in [-0.05, 0) is 6.92 Å². The second-order valence-electron chi connectivity index (χ2n) is 3.40. The minimum Gasteiger partial charge on any atom is -0.368 e. The molecule has 0 radical (unpaired) electrons. The molecule has 0 aliphatic heterocycles. The Bertz CT molecular complexity index is 468. The van der Waals surface area contributed by atoms with Crippen LogP contribution < -0.4 is 5.32 Å². The first-order valence-corrected chi connectivity index (χ1v) is 5.06. The van der Waals surface area contributed by atoms with E-state index in [0.717, 1.165) is 11.5 Å². The van der Waals surface area contributed by atoms with Crippen molar-refractivity contribution >= 4 is 5.82 Å². The van der Waals surface area contributed by atoms with Gasteiger partial charge in [-0.15, -0.1) is 0 Å². The van der Waals surface area contributed by atoms with Crippen molar-refractivity contribution in [3.05, 3.63) is 29.8 Å². The van der Waals surface area contributed by atoms with Crippen LogP contribution in [0.15, 0.2) is 16.9 Å². The molecular formula is C10H13N5O. The molecule has 2 aromatic rings. The summed E-state index contributed by atoms with van der Waals surface area (Å²) >= 11 is 0. The molecule has 0 atom stereocenters. The lowest BCUT2D eigenvalue weighted by Crippen LogP contribution is -2.09. The van der Waals surface area contributed by atoms with E-state index in [4.69, 9.17) is 4.52 Å².